The Hall–Kier alpha value is -0.880. The van der Waals surface area contributed by atoms with Crippen molar-refractivity contribution >= 4 is 49.7 Å². The number of carbonyl (C=O) groups is 2. The average Bonchev–Trinajstić information content (AvgIpc) is 2.75. The summed E-state index contributed by atoms with van der Waals surface area (Å²) in [7, 11) is 0. The van der Waals surface area contributed by atoms with Gasteiger partial charge in [-0.2, -0.15) is 0 Å². The van der Waals surface area contributed by atoms with Gasteiger partial charge in [0.1, 0.15) is 11.8 Å². The Kier molecular flexibility index (Phi) is 28.6. The number of carbonyl (C=O) groups excluding carboxylic acids is 1. The average molecular weight is 499 g/mol. The minimum absolute atomic E-state index is 0. The molecule has 188 valence electrons. The summed E-state index contributed by atoms with van der Waals surface area (Å²) in [6, 6.07) is -1.20. The van der Waals surface area contributed by atoms with Crippen LogP contribution < -0.4 is 31.5 Å². The minimum Gasteiger partial charge on any atom is -0.875 e. The maximum Gasteiger partial charge on any atom is 2.00 e. The molecule has 0 aromatic carbocycles. The summed E-state index contributed by atoms with van der Waals surface area (Å²) in [5.74, 6) is -1.55. The van der Waals surface area contributed by atoms with Crippen LogP contribution in [0.15, 0.2) is 23.7 Å². The molecule has 0 rings (SSSR count). The first-order valence-corrected chi connectivity index (χ1v) is 11.2. The van der Waals surface area contributed by atoms with E-state index in [0.717, 1.165) is 25.7 Å². The Labute approximate surface area is 228 Å². The molecule has 0 heterocycles. The van der Waals surface area contributed by atoms with Crippen molar-refractivity contribution in [2.75, 3.05) is 39.3 Å². The maximum absolute atomic E-state index is 11.2. The zero-order valence-electron chi connectivity index (χ0n) is 20.6. The van der Waals surface area contributed by atoms with E-state index in [2.05, 4.69) is 28.2 Å². The van der Waals surface area contributed by atoms with Crippen LogP contribution in [-0.2, 0) is 9.59 Å². The number of allylic oxidation sites excluding steroid dienone is 2. The first-order valence-electron chi connectivity index (χ1n) is 11.2. The summed E-state index contributed by atoms with van der Waals surface area (Å²) >= 11 is 0. The SMILES string of the molecule is CCC/C=C(\O)CNCCNC(C)C(=O)O.CCC/C=C(\[O-])CNCCNC(C)C(=O)[O-].[Ca+2]. The molecule has 0 radical (unpaired) electrons. The summed E-state index contributed by atoms with van der Waals surface area (Å²) in [4.78, 5) is 20.8. The molecule has 0 amide bonds. The van der Waals surface area contributed by atoms with Crippen LogP contribution in [0.5, 0.6) is 0 Å². The number of aliphatic hydroxyl groups is 1. The third-order valence-electron chi connectivity index (χ3n) is 4.16. The normalized spacial score (nSPS) is 13.3. The molecule has 0 bridgehead atoms. The second-order valence-corrected chi connectivity index (χ2v) is 7.31. The monoisotopic (exact) mass is 498 g/mol. The zero-order chi connectivity index (χ0) is 24.8. The van der Waals surface area contributed by atoms with E-state index in [1.807, 2.05) is 6.92 Å². The molecular formula is C22H42CaN4O6. The van der Waals surface area contributed by atoms with Gasteiger partial charge in [0.25, 0.3) is 0 Å². The quantitative estimate of drug-likeness (QED) is 0.0770. The zero-order valence-corrected chi connectivity index (χ0v) is 22.8. The molecule has 0 saturated carbocycles. The first kappa shape index (κ1) is 36.7. The summed E-state index contributed by atoms with van der Waals surface area (Å²) in [5, 5.41) is 51.0. The molecule has 2 unspecified atom stereocenters. The fourth-order valence-corrected chi connectivity index (χ4v) is 2.11. The van der Waals surface area contributed by atoms with Gasteiger partial charge in [0.15, 0.2) is 0 Å². The fraction of sp³-hybridized carbons (Fsp3) is 0.727. The van der Waals surface area contributed by atoms with E-state index in [1.54, 1.807) is 19.1 Å². The van der Waals surface area contributed by atoms with Crippen molar-refractivity contribution < 1.29 is 30.0 Å². The van der Waals surface area contributed by atoms with Gasteiger partial charge in [0, 0.05) is 38.8 Å². The predicted molar refractivity (Wildman–Crippen MR) is 128 cm³/mol. The van der Waals surface area contributed by atoms with Crippen LogP contribution >= 0.6 is 0 Å². The van der Waals surface area contributed by atoms with E-state index in [4.69, 9.17) is 5.11 Å². The van der Waals surface area contributed by atoms with Crippen LogP contribution in [-0.4, -0.2) is 111 Å². The van der Waals surface area contributed by atoms with Crippen LogP contribution in [0.3, 0.4) is 0 Å². The number of hydrogen-bond acceptors (Lipinski definition) is 9. The van der Waals surface area contributed by atoms with Crippen LogP contribution in [0.4, 0.5) is 0 Å². The molecule has 0 aromatic heterocycles. The van der Waals surface area contributed by atoms with Gasteiger partial charge in [-0.1, -0.05) is 32.8 Å². The van der Waals surface area contributed by atoms with E-state index in [0.29, 0.717) is 45.0 Å². The van der Waals surface area contributed by atoms with Gasteiger partial charge in [-0.15, -0.1) is 5.76 Å². The molecule has 0 aliphatic carbocycles. The number of hydrogen-bond donors (Lipinski definition) is 6. The number of aliphatic carboxylic acids is 2. The van der Waals surface area contributed by atoms with Gasteiger partial charge in [-0.25, -0.2) is 0 Å². The van der Waals surface area contributed by atoms with Crippen LogP contribution in [0.2, 0.25) is 0 Å². The first-order chi connectivity index (χ1) is 15.1. The Morgan fingerprint density at radius 1 is 0.818 bits per heavy atom. The van der Waals surface area contributed by atoms with Crippen LogP contribution in [0.25, 0.3) is 0 Å². The molecular weight excluding hydrogens is 456 g/mol. The molecule has 0 aromatic rings. The van der Waals surface area contributed by atoms with Crippen LogP contribution in [0.1, 0.15) is 53.4 Å². The second kappa shape index (κ2) is 25.7. The van der Waals surface area contributed by atoms with Crippen molar-refractivity contribution in [3.05, 3.63) is 23.7 Å². The van der Waals surface area contributed by atoms with Crippen LogP contribution in [0, 0.1) is 0 Å². The molecule has 11 heteroatoms. The topological polar surface area (TPSA) is 169 Å². The fourth-order valence-electron chi connectivity index (χ4n) is 2.11. The predicted octanol–water partition coefficient (Wildman–Crippen LogP) is -1.15. The Morgan fingerprint density at radius 3 is 1.79 bits per heavy atom. The number of unbranched alkanes of at least 4 members (excludes halogenated alkanes) is 2. The van der Waals surface area contributed by atoms with E-state index >= 15 is 0 Å². The number of aliphatic hydroxyl groups excluding tert-OH is 1. The number of carboxylic acids is 2. The molecule has 0 aliphatic rings. The third kappa shape index (κ3) is 27.2. The van der Waals surface area contributed by atoms with E-state index in [9.17, 15) is 24.9 Å². The smallest absolute Gasteiger partial charge is 0.875 e. The van der Waals surface area contributed by atoms with Crippen molar-refractivity contribution in [2.24, 2.45) is 0 Å². The number of carboxylic acid groups (broad SMARTS) is 2. The van der Waals surface area contributed by atoms with Crippen molar-refractivity contribution in [1.29, 1.82) is 0 Å². The molecule has 0 aliphatic heterocycles. The van der Waals surface area contributed by atoms with Gasteiger partial charge < -0.3 is 46.5 Å². The molecule has 33 heavy (non-hydrogen) atoms. The van der Waals surface area contributed by atoms with E-state index < -0.39 is 24.0 Å². The minimum atomic E-state index is -1.12. The van der Waals surface area contributed by atoms with Gasteiger partial charge in [0.05, 0.1) is 12.5 Å². The summed E-state index contributed by atoms with van der Waals surface area (Å²) in [6.07, 6.45) is 7.13. The summed E-state index contributed by atoms with van der Waals surface area (Å²) < 4.78 is 0. The van der Waals surface area contributed by atoms with Crippen molar-refractivity contribution in [1.82, 2.24) is 21.3 Å². The molecule has 0 spiro atoms. The number of nitrogens with one attached hydrogen (secondary N) is 4. The summed E-state index contributed by atoms with van der Waals surface area (Å²) in [6.45, 7) is 10.2. The maximum atomic E-state index is 11.2. The molecule has 10 nitrogen and oxygen atoms in total. The summed E-state index contributed by atoms with van der Waals surface area (Å²) in [5.41, 5.74) is 0. The van der Waals surface area contributed by atoms with Gasteiger partial charge in [-0.05, 0) is 32.8 Å². The van der Waals surface area contributed by atoms with Gasteiger partial charge in [-0.3, -0.25) is 4.79 Å². The Balaban J connectivity index is -0.000000529. The molecule has 0 fully saturated rings. The van der Waals surface area contributed by atoms with Crippen molar-refractivity contribution in [2.45, 2.75) is 65.5 Å². The molecule has 0 saturated heterocycles. The molecule has 6 N–H and O–H groups in total. The van der Waals surface area contributed by atoms with E-state index in [-0.39, 0.29) is 43.5 Å². The molecule has 2 atom stereocenters. The van der Waals surface area contributed by atoms with Gasteiger partial charge in [0.2, 0.25) is 0 Å². The van der Waals surface area contributed by atoms with Crippen molar-refractivity contribution in [3.63, 3.8) is 0 Å². The largest absolute Gasteiger partial charge is 2.00 e. The Bertz CT molecular complexity index is 513. The standard InChI is InChI=1S/2C11H22N2O3.Ca/c2*1-3-4-5-10(14)8-12-6-7-13-9(2)11(15)16;/h2*5,9,12-14H,3-4,6-8H2,1-2H3,(H,15,16);/q;;+2/p-2/b2*10-5-;. The number of rotatable bonds is 18. The van der Waals surface area contributed by atoms with E-state index in [1.165, 1.54) is 6.92 Å². The van der Waals surface area contributed by atoms with Gasteiger partial charge >= 0.3 is 43.7 Å². The third-order valence-corrected chi connectivity index (χ3v) is 4.16. The second-order valence-electron chi connectivity index (χ2n) is 7.31. The van der Waals surface area contributed by atoms with Crippen molar-refractivity contribution in [3.8, 4) is 0 Å². The Morgan fingerprint density at radius 2 is 1.30 bits per heavy atom.